The van der Waals surface area contributed by atoms with Gasteiger partial charge < -0.3 is 14.8 Å². The lowest BCUT2D eigenvalue weighted by atomic mass is 10.1. The van der Waals surface area contributed by atoms with E-state index in [0.29, 0.717) is 36.6 Å². The molecule has 1 aromatic carbocycles. The third-order valence-electron chi connectivity index (χ3n) is 3.92. The molecule has 0 aromatic heterocycles. The number of nitrogens with zero attached hydrogens (tertiary/aromatic N) is 1. The van der Waals surface area contributed by atoms with Crippen molar-refractivity contribution in [1.82, 2.24) is 4.31 Å². The zero-order valence-corrected chi connectivity index (χ0v) is 14.6. The van der Waals surface area contributed by atoms with Crippen molar-refractivity contribution in [2.24, 2.45) is 0 Å². The van der Waals surface area contributed by atoms with E-state index in [1.54, 1.807) is 12.1 Å². The molecule has 0 radical (unpaired) electrons. The molecule has 7 nitrogen and oxygen atoms in total. The molecule has 0 spiro atoms. The van der Waals surface area contributed by atoms with Crippen LogP contribution in [0, 0.1) is 6.92 Å². The van der Waals surface area contributed by atoms with Crippen LogP contribution in [0.5, 0.6) is 11.5 Å². The standard InChI is InChI=1S/C15H22N2O5S/c1-10-8-13(21-2)14(22-3)9-11(10)16-15(18)12-6-5-7-17(12)23(4,19)20/h8-9,12H,5-7H2,1-4H3,(H,16,18)/t12-/m1/s1. The fourth-order valence-corrected chi connectivity index (χ4v) is 3.85. The minimum atomic E-state index is -3.39. The molecule has 2 rings (SSSR count). The van der Waals surface area contributed by atoms with Crippen LogP contribution in [0.1, 0.15) is 18.4 Å². The van der Waals surface area contributed by atoms with E-state index in [1.165, 1.54) is 18.5 Å². The van der Waals surface area contributed by atoms with Crippen LogP contribution < -0.4 is 14.8 Å². The van der Waals surface area contributed by atoms with Gasteiger partial charge in [-0.15, -0.1) is 0 Å². The largest absolute Gasteiger partial charge is 0.493 e. The van der Waals surface area contributed by atoms with Gasteiger partial charge >= 0.3 is 0 Å². The second-order valence-electron chi connectivity index (χ2n) is 5.54. The lowest BCUT2D eigenvalue weighted by Crippen LogP contribution is -2.42. The first-order chi connectivity index (χ1) is 10.8. The fourth-order valence-electron chi connectivity index (χ4n) is 2.73. The van der Waals surface area contributed by atoms with E-state index in [9.17, 15) is 13.2 Å². The molecule has 1 amide bonds. The van der Waals surface area contributed by atoms with Gasteiger partial charge in [-0.25, -0.2) is 8.42 Å². The van der Waals surface area contributed by atoms with Crippen LogP contribution in [0.4, 0.5) is 5.69 Å². The lowest BCUT2D eigenvalue weighted by Gasteiger charge is -2.22. The molecule has 1 aliphatic rings. The number of ether oxygens (including phenoxy) is 2. The number of nitrogens with one attached hydrogen (secondary N) is 1. The Morgan fingerprint density at radius 3 is 2.43 bits per heavy atom. The van der Waals surface area contributed by atoms with Crippen molar-refractivity contribution in [3.8, 4) is 11.5 Å². The molecular weight excluding hydrogens is 320 g/mol. The van der Waals surface area contributed by atoms with Gasteiger partial charge in [0.25, 0.3) is 0 Å². The van der Waals surface area contributed by atoms with E-state index < -0.39 is 16.1 Å². The van der Waals surface area contributed by atoms with E-state index >= 15 is 0 Å². The van der Waals surface area contributed by atoms with Gasteiger partial charge in [-0.1, -0.05) is 0 Å². The van der Waals surface area contributed by atoms with Crippen LogP contribution in [0.15, 0.2) is 12.1 Å². The second-order valence-corrected chi connectivity index (χ2v) is 7.48. The van der Waals surface area contributed by atoms with Crippen molar-refractivity contribution in [1.29, 1.82) is 0 Å². The summed E-state index contributed by atoms with van der Waals surface area (Å²) in [6.45, 7) is 2.21. The Morgan fingerprint density at radius 1 is 1.26 bits per heavy atom. The first kappa shape index (κ1) is 17.6. The summed E-state index contributed by atoms with van der Waals surface area (Å²) in [7, 11) is -0.340. The SMILES string of the molecule is COc1cc(C)c(NC(=O)[C@H]2CCCN2S(C)(=O)=O)cc1OC. The molecular formula is C15H22N2O5S. The van der Waals surface area contributed by atoms with Crippen molar-refractivity contribution in [3.63, 3.8) is 0 Å². The first-order valence-corrected chi connectivity index (χ1v) is 9.13. The number of benzene rings is 1. The molecule has 23 heavy (non-hydrogen) atoms. The van der Waals surface area contributed by atoms with Gasteiger partial charge in [0.15, 0.2) is 11.5 Å². The Hall–Kier alpha value is -1.80. The molecule has 0 saturated carbocycles. The maximum absolute atomic E-state index is 12.5. The molecule has 1 aliphatic heterocycles. The number of hydrogen-bond acceptors (Lipinski definition) is 5. The molecule has 1 aromatic rings. The number of sulfonamides is 1. The molecule has 128 valence electrons. The van der Waals surface area contributed by atoms with Crippen molar-refractivity contribution < 1.29 is 22.7 Å². The number of methoxy groups -OCH3 is 2. The van der Waals surface area contributed by atoms with Gasteiger partial charge in [-0.05, 0) is 31.4 Å². The van der Waals surface area contributed by atoms with Gasteiger partial charge in [0.05, 0.1) is 20.5 Å². The third kappa shape index (κ3) is 3.76. The van der Waals surface area contributed by atoms with Crippen molar-refractivity contribution in [3.05, 3.63) is 17.7 Å². The molecule has 0 unspecified atom stereocenters. The van der Waals surface area contributed by atoms with E-state index in [-0.39, 0.29) is 5.91 Å². The summed E-state index contributed by atoms with van der Waals surface area (Å²) in [5, 5.41) is 2.80. The Kier molecular flexibility index (Phi) is 5.16. The van der Waals surface area contributed by atoms with Crippen molar-refractivity contribution in [2.75, 3.05) is 32.3 Å². The number of hydrogen-bond donors (Lipinski definition) is 1. The van der Waals surface area contributed by atoms with Crippen LogP contribution in [-0.4, -0.2) is 51.7 Å². The van der Waals surface area contributed by atoms with Crippen LogP contribution in [-0.2, 0) is 14.8 Å². The summed E-state index contributed by atoms with van der Waals surface area (Å²) in [5.74, 6) is 0.740. The quantitative estimate of drug-likeness (QED) is 0.874. The van der Waals surface area contributed by atoms with Crippen molar-refractivity contribution >= 4 is 21.6 Å². The third-order valence-corrected chi connectivity index (χ3v) is 5.21. The van der Waals surface area contributed by atoms with E-state index in [0.717, 1.165) is 11.8 Å². The highest BCUT2D eigenvalue weighted by Crippen LogP contribution is 2.33. The van der Waals surface area contributed by atoms with Crippen molar-refractivity contribution in [2.45, 2.75) is 25.8 Å². The molecule has 1 heterocycles. The van der Waals surface area contributed by atoms with E-state index in [2.05, 4.69) is 5.32 Å². The lowest BCUT2D eigenvalue weighted by molar-refractivity contribution is -0.119. The topological polar surface area (TPSA) is 84.9 Å². The van der Waals surface area contributed by atoms with Crippen LogP contribution in [0.2, 0.25) is 0 Å². The normalized spacial score (nSPS) is 18.7. The minimum Gasteiger partial charge on any atom is -0.493 e. The number of carbonyl (C=O) groups excluding carboxylic acids is 1. The minimum absolute atomic E-state index is 0.330. The summed E-state index contributed by atoms with van der Waals surface area (Å²) in [4.78, 5) is 12.5. The van der Waals surface area contributed by atoms with Crippen LogP contribution >= 0.6 is 0 Å². The smallest absolute Gasteiger partial charge is 0.242 e. The number of rotatable bonds is 5. The highest BCUT2D eigenvalue weighted by molar-refractivity contribution is 7.88. The van der Waals surface area contributed by atoms with Crippen LogP contribution in [0.25, 0.3) is 0 Å². The molecule has 0 aliphatic carbocycles. The summed E-state index contributed by atoms with van der Waals surface area (Å²) in [6.07, 6.45) is 2.32. The van der Waals surface area contributed by atoms with Gasteiger partial charge in [-0.3, -0.25) is 4.79 Å². The van der Waals surface area contributed by atoms with Gasteiger partial charge in [0, 0.05) is 18.3 Å². The number of aryl methyl sites for hydroxylation is 1. The number of carbonyl (C=O) groups is 1. The van der Waals surface area contributed by atoms with Crippen LogP contribution in [0.3, 0.4) is 0 Å². The predicted molar refractivity (Wildman–Crippen MR) is 87.5 cm³/mol. The summed E-state index contributed by atoms with van der Waals surface area (Å²) < 4.78 is 35.2. The van der Waals surface area contributed by atoms with Gasteiger partial charge in [-0.2, -0.15) is 4.31 Å². The summed E-state index contributed by atoms with van der Waals surface area (Å²) in [5.41, 5.74) is 1.38. The first-order valence-electron chi connectivity index (χ1n) is 7.28. The fraction of sp³-hybridized carbons (Fsp3) is 0.533. The highest BCUT2D eigenvalue weighted by atomic mass is 32.2. The van der Waals surface area contributed by atoms with E-state index in [1.807, 2.05) is 6.92 Å². The molecule has 1 N–H and O–H groups in total. The van der Waals surface area contributed by atoms with E-state index in [4.69, 9.17) is 9.47 Å². The van der Waals surface area contributed by atoms with Gasteiger partial charge in [0.1, 0.15) is 6.04 Å². The highest BCUT2D eigenvalue weighted by Gasteiger charge is 2.36. The molecule has 0 bridgehead atoms. The monoisotopic (exact) mass is 342 g/mol. The van der Waals surface area contributed by atoms with Gasteiger partial charge in [0.2, 0.25) is 15.9 Å². The Morgan fingerprint density at radius 2 is 1.87 bits per heavy atom. The predicted octanol–water partition coefficient (Wildman–Crippen LogP) is 1.37. The average molecular weight is 342 g/mol. The maximum atomic E-state index is 12.5. The number of amides is 1. The summed E-state index contributed by atoms with van der Waals surface area (Å²) >= 11 is 0. The summed E-state index contributed by atoms with van der Waals surface area (Å²) in [6, 6.07) is 2.76. The average Bonchev–Trinajstić information content (AvgIpc) is 2.98. The Labute approximate surface area is 136 Å². The zero-order valence-electron chi connectivity index (χ0n) is 13.8. The number of anilines is 1. The second kappa shape index (κ2) is 6.76. The molecule has 1 fully saturated rings. The zero-order chi connectivity index (χ0) is 17.2. The maximum Gasteiger partial charge on any atom is 0.242 e. The molecule has 8 heteroatoms. The molecule has 1 saturated heterocycles. The Bertz CT molecular complexity index is 702. The molecule has 1 atom stereocenters. The Balaban J connectivity index is 2.23.